The summed E-state index contributed by atoms with van der Waals surface area (Å²) >= 11 is 6.35. The van der Waals surface area contributed by atoms with Crippen molar-refractivity contribution in [2.24, 2.45) is 17.8 Å². The van der Waals surface area contributed by atoms with Crippen molar-refractivity contribution in [1.82, 2.24) is 14.7 Å². The Hall–Kier alpha value is -0.170. The summed E-state index contributed by atoms with van der Waals surface area (Å²) < 4.78 is 75.8. The van der Waals surface area contributed by atoms with Crippen molar-refractivity contribution in [2.45, 2.75) is 93.4 Å². The van der Waals surface area contributed by atoms with Gasteiger partial charge < -0.3 is 9.84 Å². The molecule has 0 bridgehead atoms. The van der Waals surface area contributed by atoms with Crippen LogP contribution in [0.5, 0.6) is 0 Å². The zero-order valence-electron chi connectivity index (χ0n) is 19.5. The minimum atomic E-state index is -3.92. The van der Waals surface area contributed by atoms with Gasteiger partial charge in [0.2, 0.25) is 10.0 Å². The average Bonchev–Trinajstić information content (AvgIpc) is 3.20. The maximum absolute atomic E-state index is 14.4. The van der Waals surface area contributed by atoms with Crippen LogP contribution in [0.25, 0.3) is 0 Å². The van der Waals surface area contributed by atoms with Gasteiger partial charge >= 0.3 is 6.55 Å². The number of aliphatic hydroxyl groups is 1. The Morgan fingerprint density at radius 2 is 1.94 bits per heavy atom. The molecule has 9 unspecified atom stereocenters. The lowest BCUT2D eigenvalue weighted by Crippen LogP contribution is -2.58. The molecule has 12 heteroatoms. The zero-order chi connectivity index (χ0) is 24.6. The van der Waals surface area contributed by atoms with Crippen molar-refractivity contribution in [2.75, 3.05) is 26.3 Å². The third kappa shape index (κ3) is 5.55. The van der Waals surface area contributed by atoms with Crippen molar-refractivity contribution in [3.63, 3.8) is 0 Å². The number of hydrazine groups is 1. The molecule has 0 radical (unpaired) electrons. The number of hydrogen-bond donors (Lipinski definition) is 2. The van der Waals surface area contributed by atoms with E-state index in [4.69, 9.17) is 16.3 Å². The van der Waals surface area contributed by atoms with Crippen molar-refractivity contribution in [1.29, 1.82) is 0 Å². The van der Waals surface area contributed by atoms with E-state index in [1.807, 2.05) is 0 Å². The Morgan fingerprint density at radius 3 is 2.59 bits per heavy atom. The molecule has 198 valence electrons. The molecule has 0 spiro atoms. The van der Waals surface area contributed by atoms with E-state index in [-0.39, 0.29) is 61.6 Å². The molecule has 0 aromatic rings. The van der Waals surface area contributed by atoms with E-state index in [1.165, 1.54) is 4.31 Å². The molecule has 0 amide bonds. The van der Waals surface area contributed by atoms with Gasteiger partial charge in [-0.15, -0.1) is 11.6 Å². The summed E-state index contributed by atoms with van der Waals surface area (Å²) in [5.74, 6) is -0.472. The number of fused-ring (bicyclic) bond motifs is 1. The number of ether oxygens (including phenoxy) is 1. The molecule has 0 aromatic carbocycles. The van der Waals surface area contributed by atoms with Crippen molar-refractivity contribution in [3.05, 3.63) is 0 Å². The summed E-state index contributed by atoms with van der Waals surface area (Å²) in [6, 6.07) is -0.977. The average molecular weight is 532 g/mol. The van der Waals surface area contributed by atoms with Crippen LogP contribution in [-0.4, -0.2) is 90.7 Å². The Balaban J connectivity index is 1.47. The summed E-state index contributed by atoms with van der Waals surface area (Å²) in [4.78, 5) is 0. The lowest BCUT2D eigenvalue weighted by atomic mass is 9.75. The fourth-order valence-electron chi connectivity index (χ4n) is 6.30. The standard InChI is InChI=1S/C22H37ClF3N3O4S/c1-13-21(10-28(27-13)22(25)26)34(31,32)29-9-14(11-30)7-15-5-6-16(8-20(15)29)33-12-17-18(23)3-2-4-19(17)24/h13-22,27,30H,2-12H2,1H3. The molecule has 2 saturated heterocycles. The van der Waals surface area contributed by atoms with Crippen LogP contribution in [-0.2, 0) is 14.8 Å². The van der Waals surface area contributed by atoms with Crippen LogP contribution in [0, 0.1) is 17.8 Å². The molecule has 0 aromatic heterocycles. The first-order chi connectivity index (χ1) is 16.1. The van der Waals surface area contributed by atoms with E-state index in [1.54, 1.807) is 6.92 Å². The van der Waals surface area contributed by atoms with Crippen LogP contribution >= 0.6 is 11.6 Å². The SMILES string of the molecule is CC1NN(C(F)F)CC1S(=O)(=O)N1CC(CO)CC2CCC(OCC3C(F)CCCC3Cl)CC21. The minimum Gasteiger partial charge on any atom is -0.396 e. The molecule has 2 aliphatic carbocycles. The lowest BCUT2D eigenvalue weighted by molar-refractivity contribution is -0.0519. The van der Waals surface area contributed by atoms with Crippen LogP contribution in [0.15, 0.2) is 0 Å². The predicted octanol–water partition coefficient (Wildman–Crippen LogP) is 2.73. The third-order valence-electron chi connectivity index (χ3n) is 8.27. The maximum Gasteiger partial charge on any atom is 0.306 e. The molecule has 2 N–H and O–H groups in total. The van der Waals surface area contributed by atoms with E-state index in [0.717, 1.165) is 32.1 Å². The van der Waals surface area contributed by atoms with E-state index < -0.39 is 34.0 Å². The molecule has 2 heterocycles. The van der Waals surface area contributed by atoms with Gasteiger partial charge in [-0.05, 0) is 63.7 Å². The first-order valence-corrected chi connectivity index (χ1v) is 14.4. The van der Waals surface area contributed by atoms with E-state index in [0.29, 0.717) is 17.9 Å². The maximum atomic E-state index is 14.4. The quantitative estimate of drug-likeness (QED) is 0.388. The molecule has 34 heavy (non-hydrogen) atoms. The largest absolute Gasteiger partial charge is 0.396 e. The van der Waals surface area contributed by atoms with E-state index in [2.05, 4.69) is 5.43 Å². The molecule has 2 aliphatic heterocycles. The van der Waals surface area contributed by atoms with E-state index >= 15 is 0 Å². The minimum absolute atomic E-state index is 0.0702. The molecule has 4 aliphatic rings. The second-order valence-electron chi connectivity index (χ2n) is 10.5. The normalized spacial score (nSPS) is 42.7. The van der Waals surface area contributed by atoms with Gasteiger partial charge in [-0.25, -0.2) is 18.2 Å². The van der Waals surface area contributed by atoms with Gasteiger partial charge in [-0.3, -0.25) is 0 Å². The summed E-state index contributed by atoms with van der Waals surface area (Å²) in [7, 11) is -3.92. The number of alkyl halides is 4. The van der Waals surface area contributed by atoms with Gasteiger partial charge in [-0.1, -0.05) is 0 Å². The number of aliphatic hydroxyl groups excluding tert-OH is 1. The number of sulfonamides is 1. The van der Waals surface area contributed by atoms with Crippen LogP contribution < -0.4 is 5.43 Å². The number of rotatable bonds is 7. The molecule has 4 rings (SSSR count). The number of nitrogens with zero attached hydrogens (tertiary/aromatic N) is 2. The topological polar surface area (TPSA) is 82.1 Å². The lowest BCUT2D eigenvalue weighted by Gasteiger charge is -2.48. The fourth-order valence-corrected chi connectivity index (χ4v) is 9.01. The second kappa shape index (κ2) is 11.1. The highest BCUT2D eigenvalue weighted by atomic mass is 35.5. The second-order valence-corrected chi connectivity index (χ2v) is 13.2. The fraction of sp³-hybridized carbons (Fsp3) is 1.00. The summed E-state index contributed by atoms with van der Waals surface area (Å²) in [6.07, 6.45) is 3.52. The van der Waals surface area contributed by atoms with Crippen molar-refractivity contribution < 1.29 is 31.4 Å². The highest BCUT2D eigenvalue weighted by Crippen LogP contribution is 2.41. The summed E-state index contributed by atoms with van der Waals surface area (Å²) in [5.41, 5.74) is 2.57. The van der Waals surface area contributed by atoms with Gasteiger partial charge in [0.1, 0.15) is 11.4 Å². The number of nitrogens with one attached hydrogen (secondary N) is 1. The van der Waals surface area contributed by atoms with Gasteiger partial charge in [0.15, 0.2) is 0 Å². The van der Waals surface area contributed by atoms with Crippen molar-refractivity contribution in [3.8, 4) is 0 Å². The molecule has 9 atom stereocenters. The Bertz CT molecular complexity index is 787. The molecule has 7 nitrogen and oxygen atoms in total. The highest BCUT2D eigenvalue weighted by Gasteiger charge is 2.51. The number of piperidine rings is 1. The van der Waals surface area contributed by atoms with Crippen LogP contribution in [0.4, 0.5) is 13.2 Å². The number of halogens is 4. The molecular formula is C22H37ClF3N3O4S. The Kier molecular flexibility index (Phi) is 8.75. The van der Waals surface area contributed by atoms with Gasteiger partial charge in [0, 0.05) is 43.1 Å². The van der Waals surface area contributed by atoms with Gasteiger partial charge in [0.25, 0.3) is 0 Å². The van der Waals surface area contributed by atoms with Crippen LogP contribution in [0.3, 0.4) is 0 Å². The highest BCUT2D eigenvalue weighted by molar-refractivity contribution is 7.89. The smallest absolute Gasteiger partial charge is 0.306 e. The summed E-state index contributed by atoms with van der Waals surface area (Å²) in [5, 5.41) is 9.22. The third-order valence-corrected chi connectivity index (χ3v) is 11.2. The van der Waals surface area contributed by atoms with Crippen LogP contribution in [0.2, 0.25) is 0 Å². The predicted molar refractivity (Wildman–Crippen MR) is 123 cm³/mol. The van der Waals surface area contributed by atoms with Gasteiger partial charge in [-0.2, -0.15) is 18.1 Å². The first kappa shape index (κ1) is 26.9. The Morgan fingerprint density at radius 1 is 1.18 bits per heavy atom. The molecule has 2 saturated carbocycles. The molecular weight excluding hydrogens is 495 g/mol. The Labute approximate surface area is 205 Å². The van der Waals surface area contributed by atoms with E-state index in [9.17, 15) is 26.7 Å². The monoisotopic (exact) mass is 531 g/mol. The number of hydrogen-bond acceptors (Lipinski definition) is 6. The van der Waals surface area contributed by atoms with Crippen LogP contribution in [0.1, 0.15) is 51.9 Å². The molecule has 4 fully saturated rings. The van der Waals surface area contributed by atoms with Gasteiger partial charge in [0.05, 0.1) is 12.7 Å². The summed E-state index contributed by atoms with van der Waals surface area (Å²) in [6.45, 7) is -1.22. The first-order valence-electron chi connectivity index (χ1n) is 12.4. The van der Waals surface area contributed by atoms with Crippen molar-refractivity contribution >= 4 is 21.6 Å². The zero-order valence-corrected chi connectivity index (χ0v) is 21.1.